The quantitative estimate of drug-likeness (QED) is 0.866. The maximum absolute atomic E-state index is 12.7. The molecule has 2 aliphatic rings. The van der Waals surface area contributed by atoms with Crippen LogP contribution in [-0.2, 0) is 0 Å². The van der Waals surface area contributed by atoms with E-state index in [-0.39, 0.29) is 5.91 Å². The van der Waals surface area contributed by atoms with Gasteiger partial charge in [-0.15, -0.1) is 0 Å². The molecule has 0 unspecified atom stereocenters. The van der Waals surface area contributed by atoms with Crippen molar-refractivity contribution in [3.05, 3.63) is 59.5 Å². The fraction of sp³-hybridized carbons (Fsp3) is 0.450. The molecule has 1 amide bonds. The molecule has 1 aliphatic carbocycles. The molecule has 0 N–H and O–H groups in total. The van der Waals surface area contributed by atoms with Crippen molar-refractivity contribution in [2.75, 3.05) is 20.1 Å². The van der Waals surface area contributed by atoms with Crippen molar-refractivity contribution in [3.8, 4) is 0 Å². The molecule has 0 bridgehead atoms. The number of nitrogens with zero attached hydrogens (tertiary/aromatic N) is 2. The van der Waals surface area contributed by atoms with Gasteiger partial charge in [0.25, 0.3) is 5.91 Å². The summed E-state index contributed by atoms with van der Waals surface area (Å²) in [6, 6.07) is 11.4. The van der Waals surface area contributed by atoms with Crippen LogP contribution in [0.2, 0.25) is 0 Å². The van der Waals surface area contributed by atoms with Crippen molar-refractivity contribution >= 4 is 5.91 Å². The number of benzene rings is 1. The lowest BCUT2D eigenvalue weighted by Crippen LogP contribution is -2.36. The van der Waals surface area contributed by atoms with E-state index in [4.69, 9.17) is 4.42 Å². The predicted molar refractivity (Wildman–Crippen MR) is 92.9 cm³/mol. The van der Waals surface area contributed by atoms with Crippen LogP contribution >= 0.6 is 0 Å². The molecule has 1 fully saturated rings. The molecule has 1 aromatic carbocycles. The largest absolute Gasteiger partial charge is 0.472 e. The smallest absolute Gasteiger partial charge is 0.257 e. The van der Waals surface area contributed by atoms with E-state index in [0.29, 0.717) is 29.5 Å². The van der Waals surface area contributed by atoms with Crippen molar-refractivity contribution in [1.82, 2.24) is 9.80 Å². The van der Waals surface area contributed by atoms with Crippen molar-refractivity contribution in [2.24, 2.45) is 5.92 Å². The zero-order valence-corrected chi connectivity index (χ0v) is 14.5. The molecule has 1 saturated heterocycles. The second-order valence-corrected chi connectivity index (χ2v) is 7.33. The number of hydrogen-bond donors (Lipinski definition) is 0. The zero-order valence-electron chi connectivity index (χ0n) is 14.5. The third-order valence-corrected chi connectivity index (χ3v) is 5.79. The molecule has 2 aromatic rings. The summed E-state index contributed by atoms with van der Waals surface area (Å²) in [4.78, 5) is 17.2. The minimum atomic E-state index is 0.0848. The van der Waals surface area contributed by atoms with Gasteiger partial charge in [-0.25, -0.2) is 0 Å². The highest BCUT2D eigenvalue weighted by molar-refractivity contribution is 5.94. The fourth-order valence-corrected chi connectivity index (χ4v) is 4.40. The van der Waals surface area contributed by atoms with Gasteiger partial charge in [-0.3, -0.25) is 9.69 Å². The number of carbonyl (C=O) groups is 1. The van der Waals surface area contributed by atoms with E-state index in [1.54, 1.807) is 18.6 Å². The first-order valence-corrected chi connectivity index (χ1v) is 8.70. The zero-order chi connectivity index (χ0) is 16.8. The average Bonchev–Trinajstić information content (AvgIpc) is 3.29. The monoisotopic (exact) mass is 324 g/mol. The van der Waals surface area contributed by atoms with E-state index in [0.717, 1.165) is 13.1 Å². The highest BCUT2D eigenvalue weighted by atomic mass is 16.3. The molecule has 1 aromatic heterocycles. The van der Waals surface area contributed by atoms with E-state index in [1.165, 1.54) is 11.1 Å². The maximum Gasteiger partial charge on any atom is 0.257 e. The highest BCUT2D eigenvalue weighted by Gasteiger charge is 2.48. The first-order chi connectivity index (χ1) is 11.6. The Hall–Kier alpha value is -2.07. The molecule has 2 heterocycles. The van der Waals surface area contributed by atoms with Crippen molar-refractivity contribution in [2.45, 2.75) is 31.8 Å². The van der Waals surface area contributed by atoms with Gasteiger partial charge in [0.1, 0.15) is 6.26 Å². The number of hydrogen-bond acceptors (Lipinski definition) is 3. The van der Waals surface area contributed by atoms with Gasteiger partial charge < -0.3 is 9.32 Å². The fourth-order valence-electron chi connectivity index (χ4n) is 4.40. The Balaban J connectivity index is 1.66. The number of carbonyl (C=O) groups excluding carboxylic acids is 1. The summed E-state index contributed by atoms with van der Waals surface area (Å²) in [6.45, 7) is 6.08. The summed E-state index contributed by atoms with van der Waals surface area (Å²) < 4.78 is 5.08. The normalized spacial score (nSPS) is 25.4. The van der Waals surface area contributed by atoms with Crippen molar-refractivity contribution in [3.63, 3.8) is 0 Å². The van der Waals surface area contributed by atoms with Crippen LogP contribution in [0.4, 0.5) is 0 Å². The first-order valence-electron chi connectivity index (χ1n) is 8.70. The lowest BCUT2D eigenvalue weighted by molar-refractivity contribution is 0.0768. The van der Waals surface area contributed by atoms with Gasteiger partial charge in [-0.05, 0) is 38.1 Å². The molecule has 3 atom stereocenters. The van der Waals surface area contributed by atoms with E-state index in [1.807, 2.05) is 4.90 Å². The summed E-state index contributed by atoms with van der Waals surface area (Å²) in [6.07, 6.45) is 3.11. The van der Waals surface area contributed by atoms with Gasteiger partial charge in [-0.1, -0.05) is 24.3 Å². The maximum atomic E-state index is 12.7. The lowest BCUT2D eigenvalue weighted by atomic mass is 9.93. The topological polar surface area (TPSA) is 36.7 Å². The molecule has 126 valence electrons. The van der Waals surface area contributed by atoms with E-state index in [9.17, 15) is 4.79 Å². The Bertz CT molecular complexity index is 738. The first kappa shape index (κ1) is 15.5. The Kier molecular flexibility index (Phi) is 3.72. The molecule has 24 heavy (non-hydrogen) atoms. The average molecular weight is 324 g/mol. The Morgan fingerprint density at radius 3 is 2.62 bits per heavy atom. The molecule has 1 aliphatic heterocycles. The van der Waals surface area contributed by atoms with Crippen LogP contribution in [0.5, 0.6) is 0 Å². The van der Waals surface area contributed by atoms with Gasteiger partial charge in [0.2, 0.25) is 0 Å². The van der Waals surface area contributed by atoms with Crippen LogP contribution in [0.1, 0.15) is 47.3 Å². The molecular formula is C20H24N2O2. The van der Waals surface area contributed by atoms with Crippen molar-refractivity contribution in [1.29, 1.82) is 0 Å². The second kappa shape index (κ2) is 5.78. The van der Waals surface area contributed by atoms with Crippen LogP contribution in [0.3, 0.4) is 0 Å². The molecule has 4 nitrogen and oxygen atoms in total. The molecule has 4 rings (SSSR count). The van der Waals surface area contributed by atoms with E-state index in [2.05, 4.69) is 50.1 Å². The molecule has 0 radical (unpaired) electrons. The third kappa shape index (κ3) is 2.28. The number of likely N-dealkylation sites (tertiary alicyclic amines) is 1. The van der Waals surface area contributed by atoms with Gasteiger partial charge in [0.05, 0.1) is 11.8 Å². The molecule has 0 spiro atoms. The molecule has 4 heteroatoms. The van der Waals surface area contributed by atoms with Crippen LogP contribution in [0, 0.1) is 5.92 Å². The standard InChI is InChI=1S/C20H24N2O2/c1-13(2)21(3)19-16-7-5-4-6-15(16)17-10-22(11-18(17)19)20(23)14-8-9-24-12-14/h4-9,12-13,17-19H,10-11H2,1-3H3/t17-,18-,19-/m0/s1. The highest BCUT2D eigenvalue weighted by Crippen LogP contribution is 2.51. The third-order valence-electron chi connectivity index (χ3n) is 5.79. The number of rotatable bonds is 3. The Morgan fingerprint density at radius 2 is 1.96 bits per heavy atom. The number of amides is 1. The van der Waals surface area contributed by atoms with Gasteiger partial charge in [-0.2, -0.15) is 0 Å². The predicted octanol–water partition coefficient (Wildman–Crippen LogP) is 3.53. The summed E-state index contributed by atoms with van der Waals surface area (Å²) in [7, 11) is 2.20. The SMILES string of the molecule is CC(C)N(C)[C@H]1c2ccccc2[C@@H]2CN(C(=O)c3ccoc3)C[C@@H]21. The Morgan fingerprint density at radius 1 is 1.21 bits per heavy atom. The second-order valence-electron chi connectivity index (χ2n) is 7.33. The minimum absolute atomic E-state index is 0.0848. The summed E-state index contributed by atoms with van der Waals surface area (Å²) in [5.41, 5.74) is 3.51. The number of fused-ring (bicyclic) bond motifs is 3. The van der Waals surface area contributed by atoms with E-state index >= 15 is 0 Å². The molecule has 0 saturated carbocycles. The van der Waals surface area contributed by atoms with Crippen LogP contribution in [0.25, 0.3) is 0 Å². The van der Waals surface area contributed by atoms with Gasteiger partial charge >= 0.3 is 0 Å². The van der Waals surface area contributed by atoms with Crippen LogP contribution < -0.4 is 0 Å². The Labute approximate surface area is 143 Å². The minimum Gasteiger partial charge on any atom is -0.472 e. The van der Waals surface area contributed by atoms with Crippen LogP contribution in [-0.4, -0.2) is 41.9 Å². The molecular weight excluding hydrogens is 300 g/mol. The van der Waals surface area contributed by atoms with Gasteiger partial charge in [0.15, 0.2) is 0 Å². The summed E-state index contributed by atoms with van der Waals surface area (Å²) in [5.74, 6) is 0.982. The number of furan rings is 1. The van der Waals surface area contributed by atoms with E-state index < -0.39 is 0 Å². The summed E-state index contributed by atoms with van der Waals surface area (Å²) in [5, 5.41) is 0. The van der Waals surface area contributed by atoms with Crippen LogP contribution in [0.15, 0.2) is 47.3 Å². The summed E-state index contributed by atoms with van der Waals surface area (Å²) >= 11 is 0. The lowest BCUT2D eigenvalue weighted by Gasteiger charge is -2.33. The van der Waals surface area contributed by atoms with Gasteiger partial charge in [0, 0.05) is 37.0 Å². The van der Waals surface area contributed by atoms with Crippen molar-refractivity contribution < 1.29 is 9.21 Å².